The van der Waals surface area contributed by atoms with Gasteiger partial charge in [-0.3, -0.25) is 4.79 Å². The highest BCUT2D eigenvalue weighted by Crippen LogP contribution is 2.22. The number of anilines is 1. The van der Waals surface area contributed by atoms with E-state index in [-0.39, 0.29) is 18.1 Å². The van der Waals surface area contributed by atoms with Crippen LogP contribution in [0.25, 0.3) is 0 Å². The van der Waals surface area contributed by atoms with Crippen molar-refractivity contribution in [3.63, 3.8) is 0 Å². The summed E-state index contributed by atoms with van der Waals surface area (Å²) in [5, 5.41) is 5.93. The molecule has 0 saturated heterocycles. The van der Waals surface area contributed by atoms with Gasteiger partial charge in [-0.2, -0.15) is 0 Å². The van der Waals surface area contributed by atoms with Gasteiger partial charge in [0.25, 0.3) is 5.91 Å². The van der Waals surface area contributed by atoms with Crippen molar-refractivity contribution in [3.8, 4) is 0 Å². The second-order valence-electron chi connectivity index (χ2n) is 4.32. The predicted molar refractivity (Wildman–Crippen MR) is 67.5 cm³/mol. The molecule has 1 aliphatic carbocycles. The van der Waals surface area contributed by atoms with Gasteiger partial charge in [0, 0.05) is 19.7 Å². The van der Waals surface area contributed by atoms with Crippen molar-refractivity contribution in [2.45, 2.75) is 31.9 Å². The van der Waals surface area contributed by atoms with E-state index < -0.39 is 0 Å². The maximum absolute atomic E-state index is 11.8. The lowest BCUT2D eigenvalue weighted by Gasteiger charge is -2.34. The van der Waals surface area contributed by atoms with Gasteiger partial charge in [-0.25, -0.2) is 9.97 Å². The van der Waals surface area contributed by atoms with Gasteiger partial charge >= 0.3 is 0 Å². The molecule has 1 aromatic heterocycles. The summed E-state index contributed by atoms with van der Waals surface area (Å²) in [7, 11) is 1.69. The minimum atomic E-state index is -0.176. The fraction of sp³-hybridized carbons (Fsp3) is 0.583. The Morgan fingerprint density at radius 3 is 2.78 bits per heavy atom. The molecule has 1 amide bonds. The average Bonchev–Trinajstić information content (AvgIpc) is 2.34. The molecule has 0 unspecified atom stereocenters. The molecule has 2 rings (SSSR count). The van der Waals surface area contributed by atoms with Crippen molar-refractivity contribution < 1.29 is 9.53 Å². The molecule has 0 bridgehead atoms. The van der Waals surface area contributed by atoms with Crippen molar-refractivity contribution in [1.82, 2.24) is 15.3 Å². The number of carbonyl (C=O) groups excluding carboxylic acids is 1. The van der Waals surface area contributed by atoms with Crippen molar-refractivity contribution in [1.29, 1.82) is 0 Å². The number of nitrogens with one attached hydrogen (secondary N) is 2. The van der Waals surface area contributed by atoms with Gasteiger partial charge in [0.2, 0.25) is 0 Å². The Hall–Kier alpha value is -1.69. The molecule has 0 aromatic carbocycles. The van der Waals surface area contributed by atoms with E-state index in [0.717, 1.165) is 19.4 Å². The van der Waals surface area contributed by atoms with Gasteiger partial charge < -0.3 is 15.4 Å². The molecule has 18 heavy (non-hydrogen) atoms. The Balaban J connectivity index is 1.85. The summed E-state index contributed by atoms with van der Waals surface area (Å²) in [5.41, 5.74) is 0.345. The third-order valence-electron chi connectivity index (χ3n) is 3.01. The smallest absolute Gasteiger partial charge is 0.271 e. The highest BCUT2D eigenvalue weighted by molar-refractivity contribution is 5.92. The number of carbonyl (C=O) groups is 1. The molecular weight excluding hydrogens is 232 g/mol. The van der Waals surface area contributed by atoms with E-state index in [0.29, 0.717) is 11.5 Å². The number of hydrogen-bond acceptors (Lipinski definition) is 5. The van der Waals surface area contributed by atoms with Gasteiger partial charge in [0.05, 0.1) is 18.5 Å². The molecule has 1 saturated carbocycles. The van der Waals surface area contributed by atoms with E-state index >= 15 is 0 Å². The summed E-state index contributed by atoms with van der Waals surface area (Å²) in [6, 6.07) is 0.192. The number of ether oxygens (including phenoxy) is 1. The van der Waals surface area contributed by atoms with Crippen LogP contribution in [0.2, 0.25) is 0 Å². The number of hydrogen-bond donors (Lipinski definition) is 2. The molecule has 6 heteroatoms. The molecule has 6 nitrogen and oxygen atoms in total. The number of rotatable bonds is 5. The Bertz CT molecular complexity index is 401. The molecule has 0 atom stereocenters. The van der Waals surface area contributed by atoms with Crippen LogP contribution in [-0.4, -0.2) is 41.7 Å². The van der Waals surface area contributed by atoms with Gasteiger partial charge in [0.15, 0.2) is 0 Å². The zero-order chi connectivity index (χ0) is 13.0. The first-order valence-corrected chi connectivity index (χ1v) is 6.12. The van der Waals surface area contributed by atoms with Crippen LogP contribution in [0.15, 0.2) is 12.4 Å². The average molecular weight is 250 g/mol. The Morgan fingerprint density at radius 2 is 2.22 bits per heavy atom. The van der Waals surface area contributed by atoms with Crippen molar-refractivity contribution in [3.05, 3.63) is 18.1 Å². The normalized spacial score (nSPS) is 22.1. The standard InChI is InChI=1S/C12H18N4O2/c1-3-13-11-7-14-10(6-15-11)12(17)16-8-4-9(5-8)18-2/h6-9H,3-5H2,1-2H3,(H,13,15)(H,16,17). The fourth-order valence-corrected chi connectivity index (χ4v) is 1.85. The number of amides is 1. The fourth-order valence-electron chi connectivity index (χ4n) is 1.85. The molecule has 1 aliphatic rings. The van der Waals surface area contributed by atoms with E-state index in [2.05, 4.69) is 20.6 Å². The Kier molecular flexibility index (Phi) is 4.09. The summed E-state index contributed by atoms with van der Waals surface area (Å²) < 4.78 is 5.16. The van der Waals surface area contributed by atoms with Crippen LogP contribution < -0.4 is 10.6 Å². The SMILES string of the molecule is CCNc1cnc(C(=O)NC2CC(OC)C2)cn1. The lowest BCUT2D eigenvalue weighted by atomic mass is 9.89. The van der Waals surface area contributed by atoms with E-state index in [4.69, 9.17) is 4.74 Å². The van der Waals surface area contributed by atoms with Crippen molar-refractivity contribution in [2.24, 2.45) is 0 Å². The summed E-state index contributed by atoms with van der Waals surface area (Å²) in [6.45, 7) is 2.76. The van der Waals surface area contributed by atoms with Crippen LogP contribution >= 0.6 is 0 Å². The number of aromatic nitrogens is 2. The number of methoxy groups -OCH3 is 1. The van der Waals surface area contributed by atoms with Gasteiger partial charge in [-0.1, -0.05) is 0 Å². The summed E-state index contributed by atoms with van der Waals surface area (Å²) >= 11 is 0. The highest BCUT2D eigenvalue weighted by Gasteiger charge is 2.30. The van der Waals surface area contributed by atoms with Crippen LogP contribution in [-0.2, 0) is 4.74 Å². The van der Waals surface area contributed by atoms with Gasteiger partial charge in [-0.15, -0.1) is 0 Å². The minimum Gasteiger partial charge on any atom is -0.381 e. The maximum Gasteiger partial charge on any atom is 0.271 e. The van der Waals surface area contributed by atoms with Crippen LogP contribution in [0.1, 0.15) is 30.3 Å². The lowest BCUT2D eigenvalue weighted by molar-refractivity contribution is 0.0175. The topological polar surface area (TPSA) is 76.1 Å². The first kappa shape index (κ1) is 12.8. The highest BCUT2D eigenvalue weighted by atomic mass is 16.5. The molecule has 98 valence electrons. The van der Waals surface area contributed by atoms with Crippen molar-refractivity contribution in [2.75, 3.05) is 19.0 Å². The zero-order valence-electron chi connectivity index (χ0n) is 10.6. The van der Waals surface area contributed by atoms with Crippen LogP contribution in [0.5, 0.6) is 0 Å². The molecule has 0 radical (unpaired) electrons. The zero-order valence-corrected chi connectivity index (χ0v) is 10.6. The first-order valence-electron chi connectivity index (χ1n) is 6.12. The molecule has 0 spiro atoms. The summed E-state index contributed by atoms with van der Waals surface area (Å²) in [5.74, 6) is 0.502. The van der Waals surface area contributed by atoms with E-state index in [9.17, 15) is 4.79 Å². The lowest BCUT2D eigenvalue weighted by Crippen LogP contribution is -2.47. The van der Waals surface area contributed by atoms with E-state index in [1.54, 1.807) is 13.3 Å². The Labute approximate surface area is 106 Å². The predicted octanol–water partition coefficient (Wildman–Crippen LogP) is 0.816. The molecular formula is C12H18N4O2. The second kappa shape index (κ2) is 5.77. The molecule has 2 N–H and O–H groups in total. The van der Waals surface area contributed by atoms with Crippen LogP contribution in [0.4, 0.5) is 5.82 Å². The first-order chi connectivity index (χ1) is 8.72. The second-order valence-corrected chi connectivity index (χ2v) is 4.32. The van der Waals surface area contributed by atoms with E-state index in [1.165, 1.54) is 6.20 Å². The quantitative estimate of drug-likeness (QED) is 0.809. The number of nitrogens with zero attached hydrogens (tertiary/aromatic N) is 2. The van der Waals surface area contributed by atoms with Crippen LogP contribution in [0, 0.1) is 0 Å². The van der Waals surface area contributed by atoms with Gasteiger partial charge in [-0.05, 0) is 19.8 Å². The minimum absolute atomic E-state index is 0.176. The third-order valence-corrected chi connectivity index (χ3v) is 3.01. The Morgan fingerprint density at radius 1 is 1.44 bits per heavy atom. The molecule has 0 aliphatic heterocycles. The molecule has 1 heterocycles. The molecule has 1 fully saturated rings. The van der Waals surface area contributed by atoms with E-state index in [1.807, 2.05) is 6.92 Å². The van der Waals surface area contributed by atoms with Crippen molar-refractivity contribution >= 4 is 11.7 Å². The molecule has 1 aromatic rings. The monoisotopic (exact) mass is 250 g/mol. The maximum atomic E-state index is 11.8. The van der Waals surface area contributed by atoms with Gasteiger partial charge in [0.1, 0.15) is 11.5 Å². The largest absolute Gasteiger partial charge is 0.381 e. The van der Waals surface area contributed by atoms with Crippen LogP contribution in [0.3, 0.4) is 0 Å². The summed E-state index contributed by atoms with van der Waals surface area (Å²) in [4.78, 5) is 20.0. The third kappa shape index (κ3) is 2.95. The summed E-state index contributed by atoms with van der Waals surface area (Å²) in [6.07, 6.45) is 5.06.